The maximum Gasteiger partial charge on any atom is 0.220 e. The number of hydrogen-bond donors (Lipinski definition) is 2. The largest absolute Gasteiger partial charge is 0.388 e. The van der Waals surface area contributed by atoms with E-state index in [4.69, 9.17) is 6.42 Å². The molecule has 0 aliphatic carbocycles. The van der Waals surface area contributed by atoms with Crippen LogP contribution in [-0.4, -0.2) is 23.2 Å². The van der Waals surface area contributed by atoms with E-state index in [1.807, 2.05) is 0 Å². The third-order valence-corrected chi connectivity index (χ3v) is 2.49. The van der Waals surface area contributed by atoms with Crippen LogP contribution in [0.1, 0.15) is 52.9 Å². The number of hydrogen-bond acceptors (Lipinski definition) is 2. The topological polar surface area (TPSA) is 49.3 Å². The highest BCUT2D eigenvalue weighted by atomic mass is 16.3. The minimum Gasteiger partial charge on any atom is -0.388 e. The fraction of sp³-hybridized carbons (Fsp3) is 0.786. The number of carbonyl (C=O) groups excluding carboxylic acids is 1. The van der Waals surface area contributed by atoms with E-state index in [1.54, 1.807) is 6.92 Å². The van der Waals surface area contributed by atoms with E-state index < -0.39 is 5.60 Å². The maximum absolute atomic E-state index is 11.5. The minimum absolute atomic E-state index is 0.00828. The van der Waals surface area contributed by atoms with E-state index in [1.165, 1.54) is 0 Å². The summed E-state index contributed by atoms with van der Waals surface area (Å²) in [5, 5.41) is 12.8. The molecular formula is C14H25NO2. The Kier molecular flexibility index (Phi) is 7.65. The predicted molar refractivity (Wildman–Crippen MR) is 70.4 cm³/mol. The summed E-state index contributed by atoms with van der Waals surface area (Å²) in [7, 11) is 0. The van der Waals surface area contributed by atoms with E-state index >= 15 is 0 Å². The van der Waals surface area contributed by atoms with Crippen LogP contribution in [0.25, 0.3) is 0 Å². The van der Waals surface area contributed by atoms with E-state index in [2.05, 4.69) is 25.1 Å². The highest BCUT2D eigenvalue weighted by Crippen LogP contribution is 2.15. The predicted octanol–water partition coefficient (Wildman–Crippen LogP) is 2.09. The number of nitrogens with one attached hydrogen (secondary N) is 1. The molecule has 1 amide bonds. The molecule has 98 valence electrons. The van der Waals surface area contributed by atoms with Crippen LogP contribution in [0.4, 0.5) is 0 Å². The van der Waals surface area contributed by atoms with Crippen molar-refractivity contribution in [1.29, 1.82) is 0 Å². The quantitative estimate of drug-likeness (QED) is 0.503. The first kappa shape index (κ1) is 16.0. The van der Waals surface area contributed by atoms with Crippen LogP contribution in [-0.2, 0) is 4.79 Å². The highest BCUT2D eigenvalue weighted by Gasteiger charge is 2.22. The van der Waals surface area contributed by atoms with Gasteiger partial charge in [-0.2, -0.15) is 0 Å². The standard InChI is InChI=1S/C14H25NO2/c1-5-6-7-8-9-13(16)15-11-14(4,17)10-12(2)3/h1,12,17H,6-11H2,2-4H3,(H,15,16). The zero-order valence-electron chi connectivity index (χ0n) is 11.3. The molecule has 0 bridgehead atoms. The van der Waals surface area contributed by atoms with Gasteiger partial charge < -0.3 is 10.4 Å². The van der Waals surface area contributed by atoms with Crippen molar-refractivity contribution in [3.63, 3.8) is 0 Å². The number of rotatable bonds is 8. The second kappa shape index (κ2) is 8.14. The van der Waals surface area contributed by atoms with Gasteiger partial charge in [-0.05, 0) is 32.1 Å². The summed E-state index contributed by atoms with van der Waals surface area (Å²) in [6.45, 7) is 6.18. The lowest BCUT2D eigenvalue weighted by atomic mass is 9.94. The molecule has 0 spiro atoms. The average molecular weight is 239 g/mol. The second-order valence-corrected chi connectivity index (χ2v) is 5.28. The monoisotopic (exact) mass is 239 g/mol. The van der Waals surface area contributed by atoms with Gasteiger partial charge in [-0.3, -0.25) is 4.79 Å². The molecule has 0 aromatic carbocycles. The summed E-state index contributed by atoms with van der Waals surface area (Å²) in [5.74, 6) is 2.95. The van der Waals surface area contributed by atoms with Crippen LogP contribution in [0.5, 0.6) is 0 Å². The van der Waals surface area contributed by atoms with Gasteiger partial charge in [-0.15, -0.1) is 12.3 Å². The SMILES string of the molecule is C#CCCCCC(=O)NCC(C)(O)CC(C)C. The zero-order chi connectivity index (χ0) is 13.3. The van der Waals surface area contributed by atoms with Crippen molar-refractivity contribution in [3.8, 4) is 12.3 Å². The summed E-state index contributed by atoms with van der Waals surface area (Å²) in [6, 6.07) is 0. The highest BCUT2D eigenvalue weighted by molar-refractivity contribution is 5.75. The summed E-state index contributed by atoms with van der Waals surface area (Å²) in [4.78, 5) is 11.5. The lowest BCUT2D eigenvalue weighted by Gasteiger charge is -2.25. The zero-order valence-corrected chi connectivity index (χ0v) is 11.3. The van der Waals surface area contributed by atoms with Crippen molar-refractivity contribution in [1.82, 2.24) is 5.32 Å². The van der Waals surface area contributed by atoms with E-state index in [9.17, 15) is 9.90 Å². The van der Waals surface area contributed by atoms with Crippen LogP contribution in [0, 0.1) is 18.3 Å². The van der Waals surface area contributed by atoms with Crippen LogP contribution >= 0.6 is 0 Å². The molecule has 0 aliphatic rings. The van der Waals surface area contributed by atoms with Gasteiger partial charge in [0.15, 0.2) is 0 Å². The van der Waals surface area contributed by atoms with E-state index in [0.29, 0.717) is 25.3 Å². The van der Waals surface area contributed by atoms with E-state index in [0.717, 1.165) is 19.3 Å². The molecule has 3 heteroatoms. The van der Waals surface area contributed by atoms with Crippen LogP contribution in [0.15, 0.2) is 0 Å². The van der Waals surface area contributed by atoms with Gasteiger partial charge in [0.25, 0.3) is 0 Å². The molecule has 0 aliphatic heterocycles. The van der Waals surface area contributed by atoms with Gasteiger partial charge in [0.2, 0.25) is 5.91 Å². The van der Waals surface area contributed by atoms with Crippen LogP contribution in [0.3, 0.4) is 0 Å². The number of aliphatic hydroxyl groups is 1. The second-order valence-electron chi connectivity index (χ2n) is 5.28. The number of terminal acetylenes is 1. The Labute approximate surface area is 105 Å². The van der Waals surface area contributed by atoms with Crippen LogP contribution in [0.2, 0.25) is 0 Å². The normalized spacial score (nSPS) is 14.1. The van der Waals surface area contributed by atoms with Gasteiger partial charge >= 0.3 is 0 Å². The maximum atomic E-state index is 11.5. The Bertz CT molecular complexity index is 264. The van der Waals surface area contributed by atoms with Crippen molar-refractivity contribution in [2.24, 2.45) is 5.92 Å². The van der Waals surface area contributed by atoms with Gasteiger partial charge in [0, 0.05) is 19.4 Å². The third kappa shape index (κ3) is 9.89. The molecule has 0 saturated heterocycles. The number of unbranched alkanes of at least 4 members (excludes halogenated alkanes) is 2. The first-order chi connectivity index (χ1) is 7.87. The van der Waals surface area contributed by atoms with Crippen LogP contribution < -0.4 is 5.32 Å². The minimum atomic E-state index is -0.817. The Morgan fingerprint density at radius 1 is 1.47 bits per heavy atom. The average Bonchev–Trinajstić information content (AvgIpc) is 2.20. The Morgan fingerprint density at radius 2 is 2.12 bits per heavy atom. The van der Waals surface area contributed by atoms with Gasteiger partial charge in [0.05, 0.1) is 5.60 Å². The Morgan fingerprint density at radius 3 is 2.65 bits per heavy atom. The van der Waals surface area contributed by atoms with Crippen molar-refractivity contribution in [2.75, 3.05) is 6.54 Å². The summed E-state index contributed by atoms with van der Waals surface area (Å²) in [5.41, 5.74) is -0.817. The van der Waals surface area contributed by atoms with Crippen molar-refractivity contribution < 1.29 is 9.90 Å². The Balaban J connectivity index is 3.72. The first-order valence-electron chi connectivity index (χ1n) is 6.30. The molecule has 0 saturated carbocycles. The Hall–Kier alpha value is -1.01. The van der Waals surface area contributed by atoms with Crippen molar-refractivity contribution in [3.05, 3.63) is 0 Å². The summed E-state index contributed by atoms with van der Waals surface area (Å²) in [6.07, 6.45) is 8.70. The molecule has 0 aromatic heterocycles. The first-order valence-corrected chi connectivity index (χ1v) is 6.30. The third-order valence-electron chi connectivity index (χ3n) is 2.49. The summed E-state index contributed by atoms with van der Waals surface area (Å²) >= 11 is 0. The molecular weight excluding hydrogens is 214 g/mol. The van der Waals surface area contributed by atoms with Crippen molar-refractivity contribution in [2.45, 2.75) is 58.5 Å². The smallest absolute Gasteiger partial charge is 0.220 e. The van der Waals surface area contributed by atoms with Gasteiger partial charge in [-0.25, -0.2) is 0 Å². The molecule has 1 unspecified atom stereocenters. The molecule has 3 nitrogen and oxygen atoms in total. The molecule has 0 fully saturated rings. The molecule has 1 atom stereocenters. The van der Waals surface area contributed by atoms with Gasteiger partial charge in [-0.1, -0.05) is 13.8 Å². The molecule has 0 aromatic rings. The van der Waals surface area contributed by atoms with Crippen molar-refractivity contribution >= 4 is 5.91 Å². The number of carbonyl (C=O) groups is 1. The molecule has 2 N–H and O–H groups in total. The molecule has 0 heterocycles. The lowest BCUT2D eigenvalue weighted by molar-refractivity contribution is -0.122. The fourth-order valence-electron chi connectivity index (χ4n) is 1.84. The van der Waals surface area contributed by atoms with Gasteiger partial charge in [0.1, 0.15) is 0 Å². The number of amides is 1. The van der Waals surface area contributed by atoms with E-state index in [-0.39, 0.29) is 5.91 Å². The molecule has 0 rings (SSSR count). The molecule has 17 heavy (non-hydrogen) atoms. The molecule has 0 radical (unpaired) electrons. The summed E-state index contributed by atoms with van der Waals surface area (Å²) < 4.78 is 0. The lowest BCUT2D eigenvalue weighted by Crippen LogP contribution is -2.41. The fourth-order valence-corrected chi connectivity index (χ4v) is 1.84.